The van der Waals surface area contributed by atoms with Crippen molar-refractivity contribution in [2.45, 2.75) is 50.7 Å². The maximum atomic E-state index is 13.6. The molecule has 4 aromatic rings. The molecule has 2 aliphatic rings. The molecule has 2 aromatic heterocycles. The first-order valence-corrected chi connectivity index (χ1v) is 13.7. The third-order valence-corrected chi connectivity index (χ3v) is 7.57. The van der Waals surface area contributed by atoms with E-state index in [1.807, 2.05) is 24.3 Å². The van der Waals surface area contributed by atoms with Gasteiger partial charge in [0.05, 0.1) is 0 Å². The molecule has 6 rings (SSSR count). The molecule has 1 unspecified atom stereocenters. The maximum absolute atomic E-state index is 13.6. The van der Waals surface area contributed by atoms with Crippen molar-refractivity contribution in [1.82, 2.24) is 29.6 Å². The Morgan fingerprint density at radius 1 is 0.902 bits per heavy atom. The molecule has 0 spiro atoms. The number of alkyl halides is 3. The maximum Gasteiger partial charge on any atom is 0.453 e. The first-order chi connectivity index (χ1) is 19.8. The van der Waals surface area contributed by atoms with Crippen molar-refractivity contribution in [1.29, 1.82) is 0 Å². The number of hydrogen-bond acceptors (Lipinski definition) is 7. The van der Waals surface area contributed by atoms with Gasteiger partial charge >= 0.3 is 6.18 Å². The number of para-hydroxylation sites is 1. The van der Waals surface area contributed by atoms with E-state index >= 15 is 0 Å². The van der Waals surface area contributed by atoms with Gasteiger partial charge in [0.2, 0.25) is 5.95 Å². The molecule has 0 radical (unpaired) electrons. The number of aryl methyl sites for hydroxylation is 2. The van der Waals surface area contributed by atoms with E-state index in [-0.39, 0.29) is 17.6 Å². The zero-order chi connectivity index (χ0) is 28.4. The number of carbonyl (C=O) groups is 1. The van der Waals surface area contributed by atoms with Gasteiger partial charge in [0, 0.05) is 23.6 Å². The highest BCUT2D eigenvalue weighted by molar-refractivity contribution is 6.02. The fourth-order valence-corrected chi connectivity index (χ4v) is 5.52. The van der Waals surface area contributed by atoms with Crippen molar-refractivity contribution < 1.29 is 18.0 Å². The van der Waals surface area contributed by atoms with Crippen LogP contribution < -0.4 is 10.6 Å². The second kappa shape index (κ2) is 11.3. The molecule has 212 valence electrons. The molecule has 41 heavy (non-hydrogen) atoms. The Kier molecular flexibility index (Phi) is 7.39. The molecule has 1 saturated heterocycles. The number of hydrogen-bond donors (Lipinski definition) is 2. The van der Waals surface area contributed by atoms with Crippen LogP contribution in [0.2, 0.25) is 0 Å². The molecule has 9 nitrogen and oxygen atoms in total. The van der Waals surface area contributed by atoms with Gasteiger partial charge < -0.3 is 15.5 Å². The molecule has 1 aliphatic carbocycles. The SMILES string of the molecule is O=C(Nc1ccccc1)c1ccnc(-n2nc(C(F)(F)F)nc2Nc2ccc3c(c2)CCC(N2CCCC2)CC3)n1. The van der Waals surface area contributed by atoms with Crippen LogP contribution in [0.4, 0.5) is 30.5 Å². The molecule has 1 fully saturated rings. The van der Waals surface area contributed by atoms with Gasteiger partial charge in [0.1, 0.15) is 5.69 Å². The third kappa shape index (κ3) is 6.07. The number of nitrogens with zero attached hydrogens (tertiary/aromatic N) is 6. The van der Waals surface area contributed by atoms with Gasteiger partial charge in [-0.1, -0.05) is 24.3 Å². The summed E-state index contributed by atoms with van der Waals surface area (Å²) in [6.45, 7) is 2.31. The summed E-state index contributed by atoms with van der Waals surface area (Å²) in [4.78, 5) is 27.3. The number of benzene rings is 2. The highest BCUT2D eigenvalue weighted by atomic mass is 19.4. The first-order valence-electron chi connectivity index (χ1n) is 13.7. The van der Waals surface area contributed by atoms with Crippen LogP contribution in [0.1, 0.15) is 53.1 Å². The summed E-state index contributed by atoms with van der Waals surface area (Å²) in [5.41, 5.74) is 3.54. The Morgan fingerprint density at radius 2 is 1.66 bits per heavy atom. The molecule has 1 amide bonds. The van der Waals surface area contributed by atoms with E-state index in [2.05, 4.69) is 35.6 Å². The number of aromatic nitrogens is 5. The van der Waals surface area contributed by atoms with Gasteiger partial charge in [0.25, 0.3) is 17.7 Å². The molecule has 0 bridgehead atoms. The summed E-state index contributed by atoms with van der Waals surface area (Å²) >= 11 is 0. The monoisotopic (exact) mass is 562 g/mol. The van der Waals surface area contributed by atoms with E-state index in [9.17, 15) is 18.0 Å². The normalized spacial score (nSPS) is 17.6. The quantitative estimate of drug-likeness (QED) is 0.303. The predicted molar refractivity (Wildman–Crippen MR) is 147 cm³/mol. The molecule has 1 atom stereocenters. The summed E-state index contributed by atoms with van der Waals surface area (Å²) in [5.74, 6) is -2.31. The van der Waals surface area contributed by atoms with Crippen LogP contribution in [0.25, 0.3) is 5.95 Å². The number of nitrogens with one attached hydrogen (secondary N) is 2. The van der Waals surface area contributed by atoms with E-state index in [0.29, 0.717) is 17.4 Å². The van der Waals surface area contributed by atoms with Crippen molar-refractivity contribution in [3.8, 4) is 5.95 Å². The van der Waals surface area contributed by atoms with Gasteiger partial charge in [-0.05, 0) is 93.1 Å². The average Bonchev–Trinajstić information content (AvgIpc) is 3.61. The molecule has 0 saturated carbocycles. The summed E-state index contributed by atoms with van der Waals surface area (Å²) in [7, 11) is 0. The smallest absolute Gasteiger partial charge is 0.324 e. The molecule has 2 N–H and O–H groups in total. The molecular formula is C29H29F3N8O. The highest BCUT2D eigenvalue weighted by Gasteiger charge is 2.38. The average molecular weight is 563 g/mol. The van der Waals surface area contributed by atoms with E-state index in [1.165, 1.54) is 36.2 Å². The number of halogens is 3. The van der Waals surface area contributed by atoms with Gasteiger partial charge in [-0.15, -0.1) is 5.10 Å². The Labute approximate surface area is 234 Å². The summed E-state index contributed by atoms with van der Waals surface area (Å²) in [6, 6.07) is 16.5. The summed E-state index contributed by atoms with van der Waals surface area (Å²) < 4.78 is 41.8. The van der Waals surface area contributed by atoms with Gasteiger partial charge in [-0.2, -0.15) is 22.8 Å². The van der Waals surface area contributed by atoms with Crippen LogP contribution in [0.5, 0.6) is 0 Å². The fraction of sp³-hybridized carbons (Fsp3) is 0.345. The zero-order valence-corrected chi connectivity index (χ0v) is 22.2. The van der Waals surface area contributed by atoms with E-state index in [1.54, 1.807) is 24.3 Å². The lowest BCUT2D eigenvalue weighted by atomic mass is 10.0. The summed E-state index contributed by atoms with van der Waals surface area (Å²) in [5, 5.41) is 9.33. The zero-order valence-electron chi connectivity index (χ0n) is 22.2. The van der Waals surface area contributed by atoms with Crippen molar-refractivity contribution in [3.05, 3.63) is 83.4 Å². The largest absolute Gasteiger partial charge is 0.453 e. The standard InChI is InChI=1S/C29H29F3N8O/c30-29(31,32)26-37-28(35-22-11-8-19-9-12-23(13-10-20(19)18-22)39-16-4-5-17-39)40(38-26)27-33-15-14-24(36-27)25(41)34-21-6-2-1-3-7-21/h1-3,6-8,11,14-15,18,23H,4-5,9-10,12-13,16-17H2,(H,34,41)(H,35,37,38). The van der Waals surface area contributed by atoms with Crippen LogP contribution in [-0.2, 0) is 19.0 Å². The molecule has 3 heterocycles. The van der Waals surface area contributed by atoms with E-state index in [4.69, 9.17) is 0 Å². The van der Waals surface area contributed by atoms with Gasteiger partial charge in [-0.3, -0.25) is 4.79 Å². The Balaban J connectivity index is 1.26. The topological polar surface area (TPSA) is 101 Å². The third-order valence-electron chi connectivity index (χ3n) is 7.57. The van der Waals surface area contributed by atoms with Crippen molar-refractivity contribution in [2.24, 2.45) is 0 Å². The summed E-state index contributed by atoms with van der Waals surface area (Å²) in [6.07, 6.45) is 3.03. The number of rotatable bonds is 6. The van der Waals surface area contributed by atoms with Crippen LogP contribution in [0.3, 0.4) is 0 Å². The van der Waals surface area contributed by atoms with Crippen molar-refractivity contribution in [3.63, 3.8) is 0 Å². The molecule has 12 heteroatoms. The minimum absolute atomic E-state index is 0.0357. The van der Waals surface area contributed by atoms with E-state index < -0.39 is 17.9 Å². The van der Waals surface area contributed by atoms with Gasteiger partial charge in [0.15, 0.2) is 0 Å². The lowest BCUT2D eigenvalue weighted by molar-refractivity contribution is -0.144. The van der Waals surface area contributed by atoms with Crippen LogP contribution in [0.15, 0.2) is 60.8 Å². The van der Waals surface area contributed by atoms with Crippen molar-refractivity contribution in [2.75, 3.05) is 23.7 Å². The Morgan fingerprint density at radius 3 is 2.41 bits per heavy atom. The lowest BCUT2D eigenvalue weighted by Gasteiger charge is -2.25. The van der Waals surface area contributed by atoms with Gasteiger partial charge in [-0.25, -0.2) is 9.97 Å². The molecule has 1 aliphatic heterocycles. The number of fused-ring (bicyclic) bond motifs is 1. The minimum Gasteiger partial charge on any atom is -0.324 e. The fourth-order valence-electron chi connectivity index (χ4n) is 5.52. The first kappa shape index (κ1) is 26.9. The second-order valence-corrected chi connectivity index (χ2v) is 10.3. The number of amides is 1. The number of carbonyl (C=O) groups excluding carboxylic acids is 1. The number of anilines is 3. The molecular weight excluding hydrogens is 533 g/mol. The Hall–Kier alpha value is -4.32. The predicted octanol–water partition coefficient (Wildman–Crippen LogP) is 5.42. The van der Waals surface area contributed by atoms with E-state index in [0.717, 1.165) is 43.5 Å². The minimum atomic E-state index is -4.79. The molecule has 2 aromatic carbocycles. The van der Waals surface area contributed by atoms with Crippen LogP contribution in [0, 0.1) is 0 Å². The highest BCUT2D eigenvalue weighted by Crippen LogP contribution is 2.31. The van der Waals surface area contributed by atoms with Crippen LogP contribution >= 0.6 is 0 Å². The lowest BCUT2D eigenvalue weighted by Crippen LogP contribution is -2.32. The Bertz CT molecular complexity index is 1530. The number of likely N-dealkylation sites (tertiary alicyclic amines) is 1. The van der Waals surface area contributed by atoms with Crippen molar-refractivity contribution >= 4 is 23.2 Å². The second-order valence-electron chi connectivity index (χ2n) is 10.3. The van der Waals surface area contributed by atoms with Crippen LogP contribution in [-0.4, -0.2) is 54.7 Å².